The Balaban J connectivity index is 0.000000503. The van der Waals surface area contributed by atoms with E-state index in [2.05, 4.69) is 0 Å². The second-order valence-corrected chi connectivity index (χ2v) is 5.08. The summed E-state index contributed by atoms with van der Waals surface area (Å²) in [6, 6.07) is 4.65. The number of benzene rings is 1. The summed E-state index contributed by atoms with van der Waals surface area (Å²) in [5.74, 6) is -5.70. The van der Waals surface area contributed by atoms with Crippen LogP contribution in [0.5, 0.6) is 11.5 Å². The Bertz CT molecular complexity index is 720. The van der Waals surface area contributed by atoms with Gasteiger partial charge >= 0.3 is 23.9 Å². The van der Waals surface area contributed by atoms with Crippen molar-refractivity contribution in [3.8, 4) is 11.5 Å². The van der Waals surface area contributed by atoms with Crippen molar-refractivity contribution in [2.75, 3.05) is 7.11 Å². The van der Waals surface area contributed by atoms with Gasteiger partial charge in [-0.1, -0.05) is 6.07 Å². The predicted octanol–water partition coefficient (Wildman–Crippen LogP) is 0.250. The zero-order chi connectivity index (χ0) is 21.2. The van der Waals surface area contributed by atoms with E-state index in [1.165, 1.54) is 19.3 Å². The molecule has 0 atom stereocenters. The average molecular weight is 386 g/mol. The quantitative estimate of drug-likeness (QED) is 0.335. The number of rotatable bonds is 8. The summed E-state index contributed by atoms with van der Waals surface area (Å²) >= 11 is 0. The van der Waals surface area contributed by atoms with E-state index in [-0.39, 0.29) is 5.75 Å². The van der Waals surface area contributed by atoms with Crippen LogP contribution in [-0.2, 0) is 19.2 Å². The van der Waals surface area contributed by atoms with Gasteiger partial charge in [0.2, 0.25) is 0 Å². The van der Waals surface area contributed by atoms with E-state index in [9.17, 15) is 24.3 Å². The minimum absolute atomic E-state index is 0.0139. The number of carboxylic acids is 4. The number of carboxylic acid groups (broad SMARTS) is 4. The molecule has 1 rings (SSSR count). The van der Waals surface area contributed by atoms with E-state index in [1.54, 1.807) is 12.1 Å². The molecule has 0 heterocycles. The number of phenolic OH excluding ortho intramolecular Hbond substituents is 1. The molecule has 6 N–H and O–H groups in total. The first-order valence-corrected chi connectivity index (χ1v) is 7.08. The number of ether oxygens (including phenoxy) is 1. The number of hydrogen-bond acceptors (Lipinski definition) is 7. The Labute approximate surface area is 152 Å². The van der Waals surface area contributed by atoms with Crippen LogP contribution in [0.2, 0.25) is 0 Å². The third-order valence-electron chi connectivity index (χ3n) is 2.91. The Hall–Kier alpha value is -3.60. The van der Waals surface area contributed by atoms with Crippen LogP contribution in [-0.4, -0.2) is 67.2 Å². The van der Waals surface area contributed by atoms with Crippen LogP contribution in [0.3, 0.4) is 0 Å². The van der Waals surface area contributed by atoms with Crippen LogP contribution in [0.1, 0.15) is 18.4 Å². The number of aromatic hydroxyl groups is 1. The summed E-state index contributed by atoms with van der Waals surface area (Å²) in [4.78, 5) is 40.7. The monoisotopic (exact) mass is 386 g/mol. The molecule has 0 spiro atoms. The van der Waals surface area contributed by atoms with Gasteiger partial charge in [0.05, 0.1) is 20.0 Å². The van der Waals surface area contributed by atoms with Crippen molar-refractivity contribution in [3.63, 3.8) is 0 Å². The summed E-state index contributed by atoms with van der Waals surface area (Å²) in [5.41, 5.74) is -2.14. The minimum Gasteiger partial charge on any atom is -0.504 e. The van der Waals surface area contributed by atoms with Gasteiger partial charge in [-0.05, 0) is 23.8 Å². The van der Waals surface area contributed by atoms with Gasteiger partial charge < -0.3 is 35.4 Å². The van der Waals surface area contributed by atoms with Crippen LogP contribution >= 0.6 is 0 Å². The van der Waals surface area contributed by atoms with Crippen molar-refractivity contribution in [2.24, 2.45) is 0 Å². The van der Waals surface area contributed by atoms with Gasteiger partial charge in [0.15, 0.2) is 17.1 Å². The largest absolute Gasteiger partial charge is 0.504 e. The molecular weight excluding hydrogens is 368 g/mol. The molecule has 11 nitrogen and oxygen atoms in total. The summed E-state index contributed by atoms with van der Waals surface area (Å²) < 4.78 is 4.84. The number of phenols is 1. The summed E-state index contributed by atoms with van der Waals surface area (Å²) in [7, 11) is 1.45. The number of hydrogen-bond donors (Lipinski definition) is 6. The van der Waals surface area contributed by atoms with Gasteiger partial charge in [-0.3, -0.25) is 9.59 Å². The van der Waals surface area contributed by atoms with Crippen LogP contribution in [0.4, 0.5) is 0 Å². The SMILES string of the molecule is COc1ccc(C=CC(=O)O)cc1O.O=C(O)CC(O)(CC(=O)O)C(=O)O. The van der Waals surface area contributed by atoms with Crippen molar-refractivity contribution < 1.29 is 54.6 Å². The van der Waals surface area contributed by atoms with Gasteiger partial charge in [0, 0.05) is 6.08 Å². The van der Waals surface area contributed by atoms with E-state index in [4.69, 9.17) is 30.3 Å². The van der Waals surface area contributed by atoms with Gasteiger partial charge in [0.1, 0.15) is 0 Å². The Morgan fingerprint density at radius 2 is 1.56 bits per heavy atom. The van der Waals surface area contributed by atoms with Crippen molar-refractivity contribution in [1.82, 2.24) is 0 Å². The Morgan fingerprint density at radius 1 is 1.04 bits per heavy atom. The first-order valence-electron chi connectivity index (χ1n) is 7.08. The van der Waals surface area contributed by atoms with Crippen molar-refractivity contribution >= 4 is 30.0 Å². The molecule has 0 aromatic heterocycles. The highest BCUT2D eigenvalue weighted by atomic mass is 16.5. The molecule has 0 aliphatic carbocycles. The van der Waals surface area contributed by atoms with E-state index in [1.807, 2.05) is 0 Å². The summed E-state index contributed by atoms with van der Waals surface area (Å²) in [5, 5.41) is 51.5. The van der Waals surface area contributed by atoms with Crippen LogP contribution < -0.4 is 4.74 Å². The Morgan fingerprint density at radius 3 is 1.89 bits per heavy atom. The normalized spacial score (nSPS) is 10.6. The smallest absolute Gasteiger partial charge is 0.336 e. The highest BCUT2D eigenvalue weighted by Crippen LogP contribution is 2.26. The average Bonchev–Trinajstić information content (AvgIpc) is 2.52. The van der Waals surface area contributed by atoms with E-state index in [0.29, 0.717) is 11.3 Å². The first-order chi connectivity index (χ1) is 12.4. The molecule has 148 valence electrons. The molecule has 0 bridgehead atoms. The lowest BCUT2D eigenvalue weighted by Crippen LogP contribution is -2.42. The fraction of sp³-hybridized carbons (Fsp3) is 0.250. The predicted molar refractivity (Wildman–Crippen MR) is 88.4 cm³/mol. The molecule has 0 radical (unpaired) electrons. The second kappa shape index (κ2) is 10.4. The molecule has 0 saturated heterocycles. The van der Waals surface area contributed by atoms with Gasteiger partial charge in [-0.25, -0.2) is 9.59 Å². The third kappa shape index (κ3) is 8.88. The lowest BCUT2D eigenvalue weighted by molar-refractivity contribution is -0.170. The van der Waals surface area contributed by atoms with Crippen LogP contribution in [0.25, 0.3) is 6.08 Å². The molecule has 1 aromatic rings. The molecular formula is C16H18O11. The number of carbonyl (C=O) groups is 4. The molecule has 0 saturated carbocycles. The zero-order valence-corrected chi connectivity index (χ0v) is 14.0. The molecule has 0 fully saturated rings. The zero-order valence-electron chi connectivity index (χ0n) is 14.0. The lowest BCUT2D eigenvalue weighted by atomic mass is 9.96. The van der Waals surface area contributed by atoms with Crippen molar-refractivity contribution in [3.05, 3.63) is 29.8 Å². The third-order valence-corrected chi connectivity index (χ3v) is 2.91. The number of methoxy groups -OCH3 is 1. The van der Waals surface area contributed by atoms with Crippen molar-refractivity contribution in [2.45, 2.75) is 18.4 Å². The highest BCUT2D eigenvalue weighted by molar-refractivity contribution is 5.88. The van der Waals surface area contributed by atoms with E-state index >= 15 is 0 Å². The molecule has 0 unspecified atom stereocenters. The molecule has 0 aliphatic rings. The highest BCUT2D eigenvalue weighted by Gasteiger charge is 2.40. The molecule has 1 aromatic carbocycles. The van der Waals surface area contributed by atoms with Crippen molar-refractivity contribution in [1.29, 1.82) is 0 Å². The molecule has 0 amide bonds. The van der Waals surface area contributed by atoms with Crippen LogP contribution in [0, 0.1) is 0 Å². The fourth-order valence-corrected chi connectivity index (χ4v) is 1.69. The van der Waals surface area contributed by atoms with Gasteiger partial charge in [-0.2, -0.15) is 0 Å². The number of aliphatic hydroxyl groups is 1. The fourth-order valence-electron chi connectivity index (χ4n) is 1.69. The molecule has 11 heteroatoms. The van der Waals surface area contributed by atoms with E-state index < -0.39 is 42.3 Å². The van der Waals surface area contributed by atoms with E-state index in [0.717, 1.165) is 6.08 Å². The maximum atomic E-state index is 10.3. The summed E-state index contributed by atoms with van der Waals surface area (Å²) in [6.07, 6.45) is 0.103. The number of aliphatic carboxylic acids is 4. The standard InChI is InChI=1S/C10H10O4.C6H8O7/c1-14-9-4-2-7(6-8(9)11)3-5-10(12)13;7-3(8)1-6(13,5(11)12)2-4(9)10/h2-6,11H,1H3,(H,12,13);13H,1-2H2,(H,7,8)(H,9,10)(H,11,12). The maximum absolute atomic E-state index is 10.3. The maximum Gasteiger partial charge on any atom is 0.336 e. The van der Waals surface area contributed by atoms with Gasteiger partial charge in [0.25, 0.3) is 0 Å². The Kier molecular flexibility index (Phi) is 9.02. The topological polar surface area (TPSA) is 199 Å². The molecule has 0 aliphatic heterocycles. The summed E-state index contributed by atoms with van der Waals surface area (Å²) in [6.45, 7) is 0. The van der Waals surface area contributed by atoms with Gasteiger partial charge in [-0.15, -0.1) is 0 Å². The molecule has 27 heavy (non-hydrogen) atoms. The first kappa shape index (κ1) is 23.4. The van der Waals surface area contributed by atoms with Crippen LogP contribution in [0.15, 0.2) is 24.3 Å². The minimum atomic E-state index is -2.74. The lowest BCUT2D eigenvalue weighted by Gasteiger charge is -2.18. The second-order valence-electron chi connectivity index (χ2n) is 5.08.